The van der Waals surface area contributed by atoms with E-state index < -0.39 is 0 Å². The predicted molar refractivity (Wildman–Crippen MR) is 81.7 cm³/mol. The van der Waals surface area contributed by atoms with Gasteiger partial charge in [-0.05, 0) is 48.5 Å². The molecule has 0 unspecified atom stereocenters. The first-order chi connectivity index (χ1) is 10.1. The van der Waals surface area contributed by atoms with Crippen molar-refractivity contribution in [2.75, 3.05) is 17.7 Å². The van der Waals surface area contributed by atoms with Crippen LogP contribution in [-0.2, 0) is 4.79 Å². The van der Waals surface area contributed by atoms with Crippen LogP contribution >= 0.6 is 0 Å². The van der Waals surface area contributed by atoms with Crippen LogP contribution in [0.15, 0.2) is 48.5 Å². The summed E-state index contributed by atoms with van der Waals surface area (Å²) in [5, 5.41) is 5.45. The lowest BCUT2D eigenvalue weighted by Gasteiger charge is -2.07. The SMILES string of the molecule is COc1ccc(C(=O)Nc2ccc(NC(C)=O)cc2)cc1. The summed E-state index contributed by atoms with van der Waals surface area (Å²) in [5.41, 5.74) is 1.89. The van der Waals surface area contributed by atoms with Crippen molar-refractivity contribution in [1.29, 1.82) is 0 Å². The van der Waals surface area contributed by atoms with Gasteiger partial charge in [0.2, 0.25) is 5.91 Å². The van der Waals surface area contributed by atoms with E-state index in [-0.39, 0.29) is 11.8 Å². The second-order valence-corrected chi connectivity index (χ2v) is 4.44. The molecule has 5 nitrogen and oxygen atoms in total. The van der Waals surface area contributed by atoms with Crippen LogP contribution in [0.5, 0.6) is 5.75 Å². The van der Waals surface area contributed by atoms with Gasteiger partial charge in [-0.15, -0.1) is 0 Å². The van der Waals surface area contributed by atoms with E-state index in [2.05, 4.69) is 10.6 Å². The van der Waals surface area contributed by atoms with Crippen LogP contribution in [0.4, 0.5) is 11.4 Å². The highest BCUT2D eigenvalue weighted by atomic mass is 16.5. The highest BCUT2D eigenvalue weighted by molar-refractivity contribution is 6.04. The normalized spacial score (nSPS) is 9.81. The number of rotatable bonds is 4. The summed E-state index contributed by atoms with van der Waals surface area (Å²) >= 11 is 0. The van der Waals surface area contributed by atoms with E-state index in [1.165, 1.54) is 6.92 Å². The van der Waals surface area contributed by atoms with Crippen molar-refractivity contribution in [3.8, 4) is 5.75 Å². The van der Waals surface area contributed by atoms with Crippen molar-refractivity contribution >= 4 is 23.2 Å². The van der Waals surface area contributed by atoms with Crippen molar-refractivity contribution < 1.29 is 14.3 Å². The van der Waals surface area contributed by atoms with E-state index in [9.17, 15) is 9.59 Å². The average Bonchev–Trinajstić information content (AvgIpc) is 2.49. The van der Waals surface area contributed by atoms with Gasteiger partial charge >= 0.3 is 0 Å². The van der Waals surface area contributed by atoms with Crippen LogP contribution in [0.3, 0.4) is 0 Å². The molecule has 2 amide bonds. The lowest BCUT2D eigenvalue weighted by molar-refractivity contribution is -0.114. The molecule has 0 bridgehead atoms. The van der Waals surface area contributed by atoms with E-state index in [4.69, 9.17) is 4.74 Å². The molecule has 2 aromatic carbocycles. The summed E-state index contributed by atoms with van der Waals surface area (Å²) in [5.74, 6) is 0.362. The summed E-state index contributed by atoms with van der Waals surface area (Å²) in [7, 11) is 1.58. The Kier molecular flexibility index (Phi) is 4.56. The van der Waals surface area contributed by atoms with Gasteiger partial charge in [0.05, 0.1) is 7.11 Å². The average molecular weight is 284 g/mol. The molecule has 2 rings (SSSR count). The molecule has 2 aromatic rings. The molecule has 0 aliphatic rings. The van der Waals surface area contributed by atoms with Crippen molar-refractivity contribution in [2.24, 2.45) is 0 Å². The largest absolute Gasteiger partial charge is 0.497 e. The molecule has 0 radical (unpaired) electrons. The maximum atomic E-state index is 12.1. The Balaban J connectivity index is 2.03. The first-order valence-electron chi connectivity index (χ1n) is 6.41. The van der Waals surface area contributed by atoms with Gasteiger partial charge in [0, 0.05) is 23.9 Å². The van der Waals surface area contributed by atoms with Crippen LogP contribution in [0.1, 0.15) is 17.3 Å². The maximum Gasteiger partial charge on any atom is 0.255 e. The van der Waals surface area contributed by atoms with Crippen LogP contribution in [0.25, 0.3) is 0 Å². The smallest absolute Gasteiger partial charge is 0.255 e. The number of carbonyl (C=O) groups is 2. The highest BCUT2D eigenvalue weighted by Crippen LogP contribution is 2.16. The van der Waals surface area contributed by atoms with Crippen LogP contribution in [0, 0.1) is 0 Å². The lowest BCUT2D eigenvalue weighted by atomic mass is 10.2. The fraction of sp³-hybridized carbons (Fsp3) is 0.125. The molecule has 0 atom stereocenters. The standard InChI is InChI=1S/C16H16N2O3/c1-11(19)17-13-5-7-14(8-6-13)18-16(20)12-3-9-15(21-2)10-4-12/h3-10H,1-2H3,(H,17,19)(H,18,20). The van der Waals surface area contributed by atoms with Crippen molar-refractivity contribution in [1.82, 2.24) is 0 Å². The Bertz CT molecular complexity index is 634. The van der Waals surface area contributed by atoms with Gasteiger partial charge in [0.15, 0.2) is 0 Å². The zero-order valence-electron chi connectivity index (χ0n) is 11.8. The maximum absolute atomic E-state index is 12.1. The summed E-state index contributed by atoms with van der Waals surface area (Å²) in [4.78, 5) is 23.0. The van der Waals surface area contributed by atoms with Crippen LogP contribution in [0.2, 0.25) is 0 Å². The van der Waals surface area contributed by atoms with Crippen molar-refractivity contribution in [2.45, 2.75) is 6.92 Å². The van der Waals surface area contributed by atoms with E-state index >= 15 is 0 Å². The van der Waals surface area contributed by atoms with Gasteiger partial charge in [0.25, 0.3) is 5.91 Å². The van der Waals surface area contributed by atoms with E-state index in [0.29, 0.717) is 22.7 Å². The molecular weight excluding hydrogens is 268 g/mol. The minimum Gasteiger partial charge on any atom is -0.497 e. The molecule has 5 heteroatoms. The number of carbonyl (C=O) groups excluding carboxylic acids is 2. The minimum absolute atomic E-state index is 0.134. The molecule has 2 N–H and O–H groups in total. The van der Waals surface area contributed by atoms with Gasteiger partial charge < -0.3 is 15.4 Å². The van der Waals surface area contributed by atoms with Gasteiger partial charge in [-0.25, -0.2) is 0 Å². The second kappa shape index (κ2) is 6.56. The summed E-state index contributed by atoms with van der Waals surface area (Å²) < 4.78 is 5.05. The van der Waals surface area contributed by atoms with Crippen molar-refractivity contribution in [3.63, 3.8) is 0 Å². The number of methoxy groups -OCH3 is 1. The molecule has 0 saturated carbocycles. The number of ether oxygens (including phenoxy) is 1. The Labute approximate surface area is 122 Å². The Morgan fingerprint density at radius 1 is 0.857 bits per heavy atom. The van der Waals surface area contributed by atoms with Gasteiger partial charge in [-0.3, -0.25) is 9.59 Å². The summed E-state index contributed by atoms with van der Waals surface area (Å²) in [6, 6.07) is 13.8. The Morgan fingerprint density at radius 2 is 1.38 bits per heavy atom. The number of amides is 2. The van der Waals surface area contributed by atoms with Crippen molar-refractivity contribution in [3.05, 3.63) is 54.1 Å². The molecule has 0 saturated heterocycles. The number of hydrogen-bond donors (Lipinski definition) is 2. The van der Waals surface area contributed by atoms with Gasteiger partial charge in [0.1, 0.15) is 5.75 Å². The molecule has 0 spiro atoms. The number of anilines is 2. The molecule has 0 heterocycles. The first kappa shape index (κ1) is 14.6. The zero-order valence-corrected chi connectivity index (χ0v) is 11.8. The molecule has 108 valence electrons. The first-order valence-corrected chi connectivity index (χ1v) is 6.41. The molecule has 0 aromatic heterocycles. The Hall–Kier alpha value is -2.82. The third-order valence-electron chi connectivity index (χ3n) is 2.82. The number of benzene rings is 2. The molecular formula is C16H16N2O3. The minimum atomic E-state index is -0.204. The molecule has 0 aliphatic carbocycles. The third-order valence-corrected chi connectivity index (χ3v) is 2.82. The monoisotopic (exact) mass is 284 g/mol. The van der Waals surface area contributed by atoms with E-state index in [1.807, 2.05) is 0 Å². The Morgan fingerprint density at radius 3 is 1.86 bits per heavy atom. The third kappa shape index (κ3) is 4.07. The fourth-order valence-corrected chi connectivity index (χ4v) is 1.79. The fourth-order valence-electron chi connectivity index (χ4n) is 1.79. The van der Waals surface area contributed by atoms with Crippen LogP contribution < -0.4 is 15.4 Å². The lowest BCUT2D eigenvalue weighted by Crippen LogP contribution is -2.12. The van der Waals surface area contributed by atoms with E-state index in [0.717, 1.165) is 0 Å². The molecule has 0 fully saturated rings. The highest BCUT2D eigenvalue weighted by Gasteiger charge is 2.06. The van der Waals surface area contributed by atoms with Crippen LogP contribution in [-0.4, -0.2) is 18.9 Å². The quantitative estimate of drug-likeness (QED) is 0.907. The summed E-state index contributed by atoms with van der Waals surface area (Å²) in [6.45, 7) is 1.44. The predicted octanol–water partition coefficient (Wildman–Crippen LogP) is 2.91. The van der Waals surface area contributed by atoms with Gasteiger partial charge in [-0.2, -0.15) is 0 Å². The number of hydrogen-bond acceptors (Lipinski definition) is 3. The zero-order chi connectivity index (χ0) is 15.2. The number of nitrogens with one attached hydrogen (secondary N) is 2. The second-order valence-electron chi connectivity index (χ2n) is 4.44. The van der Waals surface area contributed by atoms with Gasteiger partial charge in [-0.1, -0.05) is 0 Å². The molecule has 0 aliphatic heterocycles. The molecule has 21 heavy (non-hydrogen) atoms. The summed E-state index contributed by atoms with van der Waals surface area (Å²) in [6.07, 6.45) is 0. The topological polar surface area (TPSA) is 67.4 Å². The van der Waals surface area contributed by atoms with E-state index in [1.54, 1.807) is 55.6 Å².